The largest absolute Gasteiger partial charge is 0.468 e. The number of nitrogens with one attached hydrogen (secondary N) is 2. The second-order valence-electron chi connectivity index (χ2n) is 9.03. The van der Waals surface area contributed by atoms with E-state index in [-0.39, 0.29) is 24.9 Å². The number of carbonyl (C=O) groups excluding carboxylic acids is 1. The van der Waals surface area contributed by atoms with Crippen molar-refractivity contribution in [2.24, 2.45) is 0 Å². The summed E-state index contributed by atoms with van der Waals surface area (Å²) in [6.07, 6.45) is 4.38. The van der Waals surface area contributed by atoms with Gasteiger partial charge in [-0.3, -0.25) is 13.9 Å². The normalized spacial score (nSPS) is 21.9. The van der Waals surface area contributed by atoms with Crippen LogP contribution in [0.3, 0.4) is 0 Å². The van der Waals surface area contributed by atoms with E-state index in [4.69, 9.17) is 24.3 Å². The molecule has 198 valence electrons. The van der Waals surface area contributed by atoms with Crippen LogP contribution in [0.2, 0.25) is 0 Å². The standard InChI is InChI=1S/C23H30N7O6P/c1-14(22(31)33-2)29-37(32,36-16-6-4-3-5-7-16)34-12-17-10-11-18(35-17)30-13-25-19-20(26-15-8-9-15)27-23(24)28-21(19)30/h3-7,13-15,17-18H,8-12H2,1-2H3,(H,29,32)(H3,24,26,27,28)/t14-,17+,18-,37+/m1/s1. The van der Waals surface area contributed by atoms with Gasteiger partial charge in [0, 0.05) is 6.04 Å². The maximum Gasteiger partial charge on any atom is 0.459 e. The second-order valence-corrected chi connectivity index (χ2v) is 10.7. The first-order valence-electron chi connectivity index (χ1n) is 12.1. The molecule has 1 aromatic carbocycles. The summed E-state index contributed by atoms with van der Waals surface area (Å²) in [4.78, 5) is 25.1. The highest BCUT2D eigenvalue weighted by atomic mass is 31.2. The Balaban J connectivity index is 1.27. The first-order valence-corrected chi connectivity index (χ1v) is 13.6. The first kappa shape index (κ1) is 25.4. The Morgan fingerprint density at radius 3 is 2.76 bits per heavy atom. The van der Waals surface area contributed by atoms with Crippen LogP contribution in [0.15, 0.2) is 36.7 Å². The molecule has 3 heterocycles. The van der Waals surface area contributed by atoms with Gasteiger partial charge in [-0.15, -0.1) is 0 Å². The molecular formula is C23H30N7O6P. The molecular weight excluding hydrogens is 501 g/mol. The summed E-state index contributed by atoms with van der Waals surface area (Å²) in [6, 6.07) is 8.05. The average molecular weight is 532 g/mol. The van der Waals surface area contributed by atoms with Crippen LogP contribution in [0.25, 0.3) is 11.2 Å². The van der Waals surface area contributed by atoms with E-state index in [2.05, 4.69) is 25.4 Å². The van der Waals surface area contributed by atoms with E-state index in [1.54, 1.807) is 36.7 Å². The molecule has 2 aliphatic rings. The van der Waals surface area contributed by atoms with Gasteiger partial charge in [0.25, 0.3) is 0 Å². The molecule has 1 saturated carbocycles. The van der Waals surface area contributed by atoms with Crippen LogP contribution >= 0.6 is 7.75 Å². The van der Waals surface area contributed by atoms with E-state index in [9.17, 15) is 9.36 Å². The Morgan fingerprint density at radius 1 is 1.24 bits per heavy atom. The number of para-hydroxylation sites is 1. The zero-order valence-corrected chi connectivity index (χ0v) is 21.5. The van der Waals surface area contributed by atoms with E-state index in [0.29, 0.717) is 41.6 Å². The minimum Gasteiger partial charge on any atom is -0.468 e. The summed E-state index contributed by atoms with van der Waals surface area (Å²) in [5.74, 6) is 0.506. The van der Waals surface area contributed by atoms with Crippen LogP contribution in [0, 0.1) is 0 Å². The summed E-state index contributed by atoms with van der Waals surface area (Å²) in [6.45, 7) is 1.49. The zero-order chi connectivity index (χ0) is 26.0. The fourth-order valence-corrected chi connectivity index (χ4v) is 5.56. The molecule has 14 heteroatoms. The number of nitrogens with zero attached hydrogens (tertiary/aromatic N) is 4. The molecule has 0 spiro atoms. The van der Waals surface area contributed by atoms with Gasteiger partial charge in [-0.25, -0.2) is 9.55 Å². The van der Waals surface area contributed by atoms with Crippen molar-refractivity contribution in [2.45, 2.75) is 57.0 Å². The van der Waals surface area contributed by atoms with Crippen LogP contribution in [0.4, 0.5) is 11.8 Å². The molecule has 0 unspecified atom stereocenters. The van der Waals surface area contributed by atoms with Gasteiger partial charge < -0.3 is 25.0 Å². The van der Waals surface area contributed by atoms with Crippen molar-refractivity contribution in [3.8, 4) is 5.75 Å². The lowest BCUT2D eigenvalue weighted by Crippen LogP contribution is -2.35. The fourth-order valence-electron chi connectivity index (χ4n) is 4.04. The molecule has 1 saturated heterocycles. The summed E-state index contributed by atoms with van der Waals surface area (Å²) >= 11 is 0. The third-order valence-corrected chi connectivity index (χ3v) is 7.70. The Kier molecular flexibility index (Phi) is 7.29. The summed E-state index contributed by atoms with van der Waals surface area (Å²) in [5.41, 5.74) is 7.16. The molecule has 3 aromatic rings. The number of hydrogen-bond donors (Lipinski definition) is 3. The van der Waals surface area contributed by atoms with Crippen molar-refractivity contribution in [3.63, 3.8) is 0 Å². The number of anilines is 2. The molecule has 0 amide bonds. The number of fused-ring (bicyclic) bond motifs is 1. The fraction of sp³-hybridized carbons (Fsp3) is 0.478. The topological polar surface area (TPSA) is 165 Å². The van der Waals surface area contributed by atoms with Crippen LogP contribution in [-0.2, 0) is 23.4 Å². The molecule has 5 rings (SSSR count). The third-order valence-electron chi connectivity index (χ3n) is 6.06. The molecule has 2 aromatic heterocycles. The number of nitrogen functional groups attached to an aromatic ring is 1. The molecule has 1 aliphatic heterocycles. The number of ether oxygens (including phenoxy) is 2. The number of rotatable bonds is 11. The Labute approximate surface area is 213 Å². The lowest BCUT2D eigenvalue weighted by molar-refractivity contribution is -0.142. The van der Waals surface area contributed by atoms with Crippen molar-refractivity contribution in [1.29, 1.82) is 0 Å². The van der Waals surface area contributed by atoms with E-state index >= 15 is 0 Å². The number of imidazole rings is 1. The monoisotopic (exact) mass is 531 g/mol. The average Bonchev–Trinajstić information content (AvgIpc) is 3.40. The highest BCUT2D eigenvalue weighted by Crippen LogP contribution is 2.46. The van der Waals surface area contributed by atoms with Crippen molar-refractivity contribution in [3.05, 3.63) is 36.7 Å². The number of benzene rings is 1. The van der Waals surface area contributed by atoms with Crippen molar-refractivity contribution in [1.82, 2.24) is 24.6 Å². The van der Waals surface area contributed by atoms with Gasteiger partial charge in [-0.05, 0) is 44.7 Å². The highest BCUT2D eigenvalue weighted by molar-refractivity contribution is 7.52. The Bertz CT molecular complexity index is 1300. The Hall–Kier alpha value is -3.25. The summed E-state index contributed by atoms with van der Waals surface area (Å²) in [5, 5.41) is 5.98. The molecule has 37 heavy (non-hydrogen) atoms. The van der Waals surface area contributed by atoms with E-state index in [1.165, 1.54) is 14.0 Å². The third kappa shape index (κ3) is 6.02. The molecule has 1 aliphatic carbocycles. The molecule has 4 atom stereocenters. The van der Waals surface area contributed by atoms with Crippen LogP contribution in [0.5, 0.6) is 5.75 Å². The molecule has 2 fully saturated rings. The SMILES string of the molecule is COC(=O)[C@@H](C)N[P@](=O)(OC[C@@H]1CC[C@H](n2cnc3c(NC4CC4)nc(N)nc32)O1)Oc1ccccc1. The molecule has 4 N–H and O–H groups in total. The predicted octanol–water partition coefficient (Wildman–Crippen LogP) is 3.02. The van der Waals surface area contributed by atoms with Gasteiger partial charge in [0.1, 0.15) is 18.0 Å². The maximum atomic E-state index is 13.6. The number of aromatic nitrogens is 4. The maximum absolute atomic E-state index is 13.6. The number of hydrogen-bond acceptors (Lipinski definition) is 11. The van der Waals surface area contributed by atoms with Gasteiger partial charge in [-0.1, -0.05) is 18.2 Å². The minimum atomic E-state index is -3.95. The van der Waals surface area contributed by atoms with Crippen molar-refractivity contribution in [2.75, 3.05) is 24.8 Å². The van der Waals surface area contributed by atoms with Crippen molar-refractivity contribution < 1.29 is 27.9 Å². The van der Waals surface area contributed by atoms with Gasteiger partial charge >= 0.3 is 13.7 Å². The van der Waals surface area contributed by atoms with Gasteiger partial charge in [0.2, 0.25) is 5.95 Å². The van der Waals surface area contributed by atoms with Crippen LogP contribution in [-0.4, -0.2) is 57.4 Å². The van der Waals surface area contributed by atoms with E-state index < -0.39 is 19.8 Å². The smallest absolute Gasteiger partial charge is 0.459 e. The van der Waals surface area contributed by atoms with E-state index in [1.807, 2.05) is 4.57 Å². The van der Waals surface area contributed by atoms with Crippen molar-refractivity contribution >= 4 is 36.6 Å². The van der Waals surface area contributed by atoms with E-state index in [0.717, 1.165) is 12.8 Å². The van der Waals surface area contributed by atoms with Crippen LogP contribution in [0.1, 0.15) is 38.8 Å². The van der Waals surface area contributed by atoms with Gasteiger partial charge in [0.15, 0.2) is 17.0 Å². The summed E-state index contributed by atoms with van der Waals surface area (Å²) in [7, 11) is -2.70. The zero-order valence-electron chi connectivity index (χ0n) is 20.6. The number of methoxy groups -OCH3 is 1. The molecule has 0 bridgehead atoms. The van der Waals surface area contributed by atoms with Crippen LogP contribution < -0.4 is 20.7 Å². The highest BCUT2D eigenvalue weighted by Gasteiger charge is 2.36. The summed E-state index contributed by atoms with van der Waals surface area (Å²) < 4.78 is 37.7. The lowest BCUT2D eigenvalue weighted by Gasteiger charge is -2.24. The number of nitrogens with two attached hydrogens (primary N) is 1. The number of esters is 1. The number of carbonyl (C=O) groups is 1. The molecule has 13 nitrogen and oxygen atoms in total. The first-order chi connectivity index (χ1) is 17.8. The second kappa shape index (κ2) is 10.6. The quantitative estimate of drug-likeness (QED) is 0.245. The minimum absolute atomic E-state index is 0.0280. The lowest BCUT2D eigenvalue weighted by atomic mass is 10.2. The molecule has 0 radical (unpaired) electrons. The van der Waals surface area contributed by atoms with Gasteiger partial charge in [-0.2, -0.15) is 15.1 Å². The Morgan fingerprint density at radius 2 is 2.03 bits per heavy atom. The van der Waals surface area contributed by atoms with Gasteiger partial charge in [0.05, 0.1) is 26.1 Å². The predicted molar refractivity (Wildman–Crippen MR) is 135 cm³/mol.